The molecule has 2 aromatic carbocycles. The molecule has 0 spiro atoms. The fraction of sp³-hybridized carbons (Fsp3) is 0.379. The van der Waals surface area contributed by atoms with E-state index in [0.717, 1.165) is 66.0 Å². The van der Waals surface area contributed by atoms with Crippen LogP contribution in [0.15, 0.2) is 42.5 Å². The topological polar surface area (TPSA) is 51.9 Å². The van der Waals surface area contributed by atoms with Crippen LogP contribution in [0.5, 0.6) is 5.75 Å². The van der Waals surface area contributed by atoms with Gasteiger partial charge in [0.2, 0.25) is 0 Å². The van der Waals surface area contributed by atoms with E-state index in [-0.39, 0.29) is 6.04 Å². The van der Waals surface area contributed by atoms with Crippen LogP contribution in [0, 0.1) is 13.8 Å². The number of aryl methyl sites for hydroxylation is 3. The summed E-state index contributed by atoms with van der Waals surface area (Å²) in [7, 11) is 3.51. The molecule has 6 nitrogen and oxygen atoms in total. The average molecular weight is 469 g/mol. The van der Waals surface area contributed by atoms with Gasteiger partial charge in [-0.3, -0.25) is 0 Å². The van der Waals surface area contributed by atoms with Crippen LogP contribution >= 0.6 is 0 Å². The van der Waals surface area contributed by atoms with Crippen molar-refractivity contribution >= 4 is 11.5 Å². The summed E-state index contributed by atoms with van der Waals surface area (Å²) in [6, 6.07) is 15.3. The molecule has 2 aliphatic rings. The van der Waals surface area contributed by atoms with Gasteiger partial charge in [0, 0.05) is 30.5 Å². The molecule has 0 bridgehead atoms. The van der Waals surface area contributed by atoms with Gasteiger partial charge >= 0.3 is 0 Å². The van der Waals surface area contributed by atoms with Gasteiger partial charge in [-0.25, -0.2) is 4.98 Å². The Kier molecular flexibility index (Phi) is 5.49. The number of hydrogen-bond donors (Lipinski definition) is 0. The first kappa shape index (κ1) is 22.1. The molecule has 0 saturated carbocycles. The number of ether oxygens (including phenoxy) is 2. The fourth-order valence-corrected chi connectivity index (χ4v) is 5.94. The summed E-state index contributed by atoms with van der Waals surface area (Å²) in [6.07, 6.45) is 4.16. The molecule has 6 rings (SSSR count). The molecule has 0 amide bonds. The van der Waals surface area contributed by atoms with E-state index in [1.54, 1.807) is 14.2 Å². The van der Waals surface area contributed by atoms with E-state index in [2.05, 4.69) is 59.7 Å². The van der Waals surface area contributed by atoms with Gasteiger partial charge < -0.3 is 14.4 Å². The third kappa shape index (κ3) is 3.59. The number of aromatic nitrogens is 3. The maximum absolute atomic E-state index is 5.72. The lowest BCUT2D eigenvalue weighted by Crippen LogP contribution is -2.44. The Balaban J connectivity index is 1.58. The van der Waals surface area contributed by atoms with E-state index in [1.807, 2.05) is 6.07 Å². The molecule has 0 radical (unpaired) electrons. The number of hydrogen-bond acceptors (Lipinski definition) is 5. The molecule has 2 aromatic heterocycles. The molecule has 6 heteroatoms. The average Bonchev–Trinajstić information content (AvgIpc) is 3.46. The van der Waals surface area contributed by atoms with Crippen LogP contribution in [0.4, 0.5) is 5.82 Å². The first-order valence-corrected chi connectivity index (χ1v) is 12.5. The van der Waals surface area contributed by atoms with Crippen LogP contribution in [-0.2, 0) is 30.5 Å². The Bertz CT molecular complexity index is 1420. The summed E-state index contributed by atoms with van der Waals surface area (Å²) in [6.45, 7) is 5.76. The summed E-state index contributed by atoms with van der Waals surface area (Å²) in [4.78, 5) is 7.75. The second-order valence-electron chi connectivity index (χ2n) is 9.80. The van der Waals surface area contributed by atoms with Gasteiger partial charge in [-0.05, 0) is 73.9 Å². The van der Waals surface area contributed by atoms with Crippen LogP contribution in [0.25, 0.3) is 16.8 Å². The Morgan fingerprint density at radius 3 is 2.63 bits per heavy atom. The summed E-state index contributed by atoms with van der Waals surface area (Å²) in [5, 5.41) is 5.12. The van der Waals surface area contributed by atoms with Crippen LogP contribution < -0.4 is 9.64 Å². The molecule has 180 valence electrons. The number of methoxy groups -OCH3 is 2. The third-order valence-corrected chi connectivity index (χ3v) is 7.63. The number of rotatable bonds is 5. The number of benzene rings is 2. The summed E-state index contributed by atoms with van der Waals surface area (Å²) in [5.41, 5.74) is 10.7. The van der Waals surface area contributed by atoms with Gasteiger partial charge in [0.1, 0.15) is 11.6 Å². The maximum Gasteiger partial charge on any atom is 0.165 e. The van der Waals surface area contributed by atoms with Gasteiger partial charge in [-0.15, -0.1) is 0 Å². The van der Waals surface area contributed by atoms with Crippen molar-refractivity contribution in [2.45, 2.75) is 52.1 Å². The van der Waals surface area contributed by atoms with Gasteiger partial charge in [0.15, 0.2) is 5.65 Å². The molecule has 0 fully saturated rings. The molecule has 1 atom stereocenters. The van der Waals surface area contributed by atoms with E-state index in [4.69, 9.17) is 19.6 Å². The van der Waals surface area contributed by atoms with E-state index >= 15 is 0 Å². The smallest absolute Gasteiger partial charge is 0.165 e. The zero-order valence-electron chi connectivity index (χ0n) is 21.0. The maximum atomic E-state index is 5.72. The number of fused-ring (bicyclic) bond motifs is 3. The van der Waals surface area contributed by atoms with Crippen LogP contribution in [-0.4, -0.2) is 41.5 Å². The minimum Gasteiger partial charge on any atom is -0.497 e. The van der Waals surface area contributed by atoms with Crippen LogP contribution in [0.3, 0.4) is 0 Å². The van der Waals surface area contributed by atoms with Crippen LogP contribution in [0.1, 0.15) is 40.1 Å². The standard InChI is InChI=1S/C29H32N4O2/c1-18-14-23(35-4)12-13-24(18)27-19(2)31-33-28(27)30-26-11-7-10-25(26)29(33)32-16-21-9-6-5-8-20(21)15-22(32)17-34-3/h5-6,8-9,12-14,22H,7,10-11,15-17H2,1-4H3/t22-/m0/s1. The van der Waals surface area contributed by atoms with E-state index in [0.29, 0.717) is 6.61 Å². The molecular formula is C29H32N4O2. The lowest BCUT2D eigenvalue weighted by molar-refractivity contribution is 0.173. The quantitative estimate of drug-likeness (QED) is 0.408. The lowest BCUT2D eigenvalue weighted by Gasteiger charge is -2.39. The van der Waals surface area contributed by atoms with Crippen molar-refractivity contribution in [1.29, 1.82) is 0 Å². The van der Waals surface area contributed by atoms with Crippen LogP contribution in [0.2, 0.25) is 0 Å². The van der Waals surface area contributed by atoms with Gasteiger partial charge in [0.05, 0.1) is 25.5 Å². The first-order chi connectivity index (χ1) is 17.1. The van der Waals surface area contributed by atoms with Gasteiger partial charge in [0.25, 0.3) is 0 Å². The zero-order chi connectivity index (χ0) is 24.1. The Hall–Kier alpha value is -3.38. The Morgan fingerprint density at radius 2 is 1.86 bits per heavy atom. The number of anilines is 1. The molecule has 0 N–H and O–H groups in total. The molecule has 3 heterocycles. The van der Waals surface area contributed by atoms with E-state index < -0.39 is 0 Å². The number of nitrogens with zero attached hydrogens (tertiary/aromatic N) is 4. The Labute approximate surface area is 206 Å². The van der Waals surface area contributed by atoms with Gasteiger partial charge in [-0.1, -0.05) is 30.3 Å². The minimum absolute atomic E-state index is 0.251. The van der Waals surface area contributed by atoms with E-state index in [9.17, 15) is 0 Å². The molecule has 0 unspecified atom stereocenters. The van der Waals surface area contributed by atoms with Crippen molar-refractivity contribution in [1.82, 2.24) is 14.6 Å². The fourth-order valence-electron chi connectivity index (χ4n) is 5.94. The minimum atomic E-state index is 0.251. The van der Waals surface area contributed by atoms with Crippen molar-refractivity contribution in [2.75, 3.05) is 25.7 Å². The third-order valence-electron chi connectivity index (χ3n) is 7.63. The molecule has 35 heavy (non-hydrogen) atoms. The van der Waals surface area contributed by atoms with Crippen molar-refractivity contribution in [3.05, 3.63) is 76.1 Å². The summed E-state index contributed by atoms with van der Waals surface area (Å²) in [5.74, 6) is 2.06. The highest BCUT2D eigenvalue weighted by Gasteiger charge is 2.33. The second kappa shape index (κ2) is 8.68. The monoisotopic (exact) mass is 468 g/mol. The Morgan fingerprint density at radius 1 is 1.03 bits per heavy atom. The SMILES string of the molecule is COC[C@@H]1Cc2ccccc2CN1c1c2c(nc3c(-c4ccc(OC)cc4C)c(C)nn13)CCC2. The largest absolute Gasteiger partial charge is 0.497 e. The molecular weight excluding hydrogens is 436 g/mol. The van der Waals surface area contributed by atoms with Crippen molar-refractivity contribution < 1.29 is 9.47 Å². The van der Waals surface area contributed by atoms with E-state index in [1.165, 1.54) is 28.2 Å². The highest BCUT2D eigenvalue weighted by atomic mass is 16.5. The molecule has 1 aliphatic heterocycles. The molecule has 1 aliphatic carbocycles. The lowest BCUT2D eigenvalue weighted by atomic mass is 9.94. The zero-order valence-corrected chi connectivity index (χ0v) is 21.0. The summed E-state index contributed by atoms with van der Waals surface area (Å²) < 4.78 is 13.3. The summed E-state index contributed by atoms with van der Waals surface area (Å²) >= 11 is 0. The second-order valence-corrected chi connectivity index (χ2v) is 9.80. The molecule has 4 aromatic rings. The van der Waals surface area contributed by atoms with Crippen molar-refractivity contribution in [3.63, 3.8) is 0 Å². The van der Waals surface area contributed by atoms with Gasteiger partial charge in [-0.2, -0.15) is 9.61 Å². The van der Waals surface area contributed by atoms with Crippen molar-refractivity contribution in [2.24, 2.45) is 0 Å². The van der Waals surface area contributed by atoms with Crippen molar-refractivity contribution in [3.8, 4) is 16.9 Å². The first-order valence-electron chi connectivity index (χ1n) is 12.5. The normalized spacial score (nSPS) is 17.0. The highest BCUT2D eigenvalue weighted by molar-refractivity contribution is 5.84. The molecule has 0 saturated heterocycles. The highest BCUT2D eigenvalue weighted by Crippen LogP contribution is 2.40. The predicted molar refractivity (Wildman–Crippen MR) is 138 cm³/mol. The predicted octanol–water partition coefficient (Wildman–Crippen LogP) is 5.09.